The average Bonchev–Trinajstić information content (AvgIpc) is 3.76. The van der Waals surface area contributed by atoms with Crippen molar-refractivity contribution in [2.75, 3.05) is 18.8 Å². The number of hydrogen-bond acceptors (Lipinski definition) is 6. The number of amides is 2. The lowest BCUT2D eigenvalue weighted by Crippen LogP contribution is -2.38. The highest BCUT2D eigenvalue weighted by Crippen LogP contribution is 2.25. The molecule has 1 atom stereocenters. The molecule has 6 rings (SSSR count). The molecular formula is C31H30N8O2. The number of benzene rings is 2. The highest BCUT2D eigenvalue weighted by molar-refractivity contribution is 6.00. The van der Waals surface area contributed by atoms with E-state index in [1.54, 1.807) is 34.2 Å². The SMILES string of the molecule is Cn1cc(-c2cnc(N)c(C(=O)N[C@@H]3CCN(C(=O)c4cccc(-c5cccc(Cn6cccn6)c5)c4)C3)c2)cn1. The molecule has 206 valence electrons. The zero-order valence-corrected chi connectivity index (χ0v) is 22.6. The van der Waals surface area contributed by atoms with Gasteiger partial charge in [0, 0.05) is 67.7 Å². The van der Waals surface area contributed by atoms with Gasteiger partial charge in [-0.15, -0.1) is 0 Å². The number of likely N-dealkylation sites (tertiary alicyclic amines) is 1. The number of nitrogens with zero attached hydrogens (tertiary/aromatic N) is 6. The first-order valence-electron chi connectivity index (χ1n) is 13.4. The minimum Gasteiger partial charge on any atom is -0.383 e. The number of nitrogens with two attached hydrogens (primary N) is 1. The number of nitrogens with one attached hydrogen (secondary N) is 1. The maximum absolute atomic E-state index is 13.4. The molecule has 1 saturated heterocycles. The van der Waals surface area contributed by atoms with E-state index in [2.05, 4.69) is 32.6 Å². The average molecular weight is 547 g/mol. The lowest BCUT2D eigenvalue weighted by Gasteiger charge is -2.18. The molecule has 4 heterocycles. The minimum atomic E-state index is -0.308. The van der Waals surface area contributed by atoms with E-state index < -0.39 is 0 Å². The third-order valence-corrected chi connectivity index (χ3v) is 7.29. The number of carbonyl (C=O) groups excluding carboxylic acids is 2. The van der Waals surface area contributed by atoms with E-state index >= 15 is 0 Å². The van der Waals surface area contributed by atoms with Crippen molar-refractivity contribution in [3.8, 4) is 22.3 Å². The van der Waals surface area contributed by atoms with Crippen molar-refractivity contribution < 1.29 is 9.59 Å². The molecule has 0 saturated carbocycles. The van der Waals surface area contributed by atoms with Gasteiger partial charge in [0.05, 0.1) is 18.3 Å². The summed E-state index contributed by atoms with van der Waals surface area (Å²) in [6.45, 7) is 1.65. The van der Waals surface area contributed by atoms with Gasteiger partial charge in [0.25, 0.3) is 11.8 Å². The van der Waals surface area contributed by atoms with Crippen LogP contribution in [-0.4, -0.2) is 60.4 Å². The smallest absolute Gasteiger partial charge is 0.255 e. The number of anilines is 1. The Morgan fingerprint density at radius 1 is 0.976 bits per heavy atom. The fourth-order valence-corrected chi connectivity index (χ4v) is 5.16. The molecule has 3 N–H and O–H groups in total. The van der Waals surface area contributed by atoms with Crippen LogP contribution in [-0.2, 0) is 13.6 Å². The Hall–Kier alpha value is -5.25. The summed E-state index contributed by atoms with van der Waals surface area (Å²) in [5.74, 6) is -0.209. The van der Waals surface area contributed by atoms with Crippen LogP contribution in [0.25, 0.3) is 22.3 Å². The Morgan fingerprint density at radius 3 is 2.59 bits per heavy atom. The fourth-order valence-electron chi connectivity index (χ4n) is 5.16. The lowest BCUT2D eigenvalue weighted by molar-refractivity contribution is 0.0783. The first-order valence-corrected chi connectivity index (χ1v) is 13.4. The quantitative estimate of drug-likeness (QED) is 0.321. The summed E-state index contributed by atoms with van der Waals surface area (Å²) in [5.41, 5.74) is 11.7. The number of rotatable bonds is 7. The molecule has 0 unspecified atom stereocenters. The van der Waals surface area contributed by atoms with Crippen molar-refractivity contribution in [1.29, 1.82) is 0 Å². The van der Waals surface area contributed by atoms with Crippen LogP contribution in [0.5, 0.6) is 0 Å². The second kappa shape index (κ2) is 11.1. The predicted octanol–water partition coefficient (Wildman–Crippen LogP) is 3.62. The molecule has 0 aliphatic carbocycles. The number of aryl methyl sites for hydroxylation is 1. The lowest BCUT2D eigenvalue weighted by atomic mass is 10.0. The number of carbonyl (C=O) groups is 2. The zero-order valence-electron chi connectivity index (χ0n) is 22.6. The van der Waals surface area contributed by atoms with Crippen LogP contribution in [0.4, 0.5) is 5.82 Å². The van der Waals surface area contributed by atoms with Gasteiger partial charge in [0.15, 0.2) is 0 Å². The summed E-state index contributed by atoms with van der Waals surface area (Å²) >= 11 is 0. The van der Waals surface area contributed by atoms with E-state index in [0.717, 1.165) is 27.8 Å². The van der Waals surface area contributed by atoms with Crippen LogP contribution < -0.4 is 11.1 Å². The van der Waals surface area contributed by atoms with E-state index in [-0.39, 0.29) is 23.7 Å². The molecule has 41 heavy (non-hydrogen) atoms. The van der Waals surface area contributed by atoms with E-state index in [0.29, 0.717) is 37.2 Å². The number of hydrogen-bond donors (Lipinski definition) is 2. The van der Waals surface area contributed by atoms with Gasteiger partial charge in [-0.05, 0) is 53.4 Å². The molecule has 5 aromatic rings. The fraction of sp³-hybridized carbons (Fsp3) is 0.194. The van der Waals surface area contributed by atoms with E-state index in [4.69, 9.17) is 5.73 Å². The third kappa shape index (κ3) is 5.72. The normalized spacial score (nSPS) is 14.8. The minimum absolute atomic E-state index is 0.0592. The number of pyridine rings is 1. The van der Waals surface area contributed by atoms with Crippen molar-refractivity contribution in [1.82, 2.24) is 34.8 Å². The van der Waals surface area contributed by atoms with Crippen LogP contribution in [0.2, 0.25) is 0 Å². The Balaban J connectivity index is 1.12. The third-order valence-electron chi connectivity index (χ3n) is 7.29. The summed E-state index contributed by atoms with van der Waals surface area (Å²) < 4.78 is 3.56. The van der Waals surface area contributed by atoms with Crippen LogP contribution in [0.15, 0.2) is 91.6 Å². The highest BCUT2D eigenvalue weighted by Gasteiger charge is 2.29. The van der Waals surface area contributed by atoms with Crippen molar-refractivity contribution in [2.45, 2.75) is 19.0 Å². The second-order valence-electron chi connectivity index (χ2n) is 10.3. The number of nitrogen functional groups attached to an aromatic ring is 1. The zero-order chi connectivity index (χ0) is 28.3. The Kier molecular flexibility index (Phi) is 7.03. The largest absolute Gasteiger partial charge is 0.383 e. The van der Waals surface area contributed by atoms with Gasteiger partial charge in [0.2, 0.25) is 0 Å². The van der Waals surface area contributed by atoms with E-state index in [9.17, 15) is 9.59 Å². The Labute approximate surface area is 237 Å². The van der Waals surface area contributed by atoms with Crippen LogP contribution in [0.3, 0.4) is 0 Å². The van der Waals surface area contributed by atoms with E-state index in [1.807, 2.05) is 66.6 Å². The monoisotopic (exact) mass is 546 g/mol. The van der Waals surface area contributed by atoms with Gasteiger partial charge in [-0.3, -0.25) is 19.0 Å². The Morgan fingerprint density at radius 2 is 1.80 bits per heavy atom. The van der Waals surface area contributed by atoms with Crippen molar-refractivity contribution in [3.05, 3.63) is 108 Å². The molecule has 1 fully saturated rings. The van der Waals surface area contributed by atoms with Crippen molar-refractivity contribution in [3.63, 3.8) is 0 Å². The summed E-state index contributed by atoms with van der Waals surface area (Å²) in [6, 6.07) is 19.4. The summed E-state index contributed by atoms with van der Waals surface area (Å²) in [5, 5.41) is 11.5. The van der Waals surface area contributed by atoms with Crippen molar-refractivity contribution >= 4 is 17.6 Å². The van der Waals surface area contributed by atoms with E-state index in [1.165, 1.54) is 0 Å². The Bertz CT molecular complexity index is 1710. The molecule has 1 aliphatic rings. The summed E-state index contributed by atoms with van der Waals surface area (Å²) in [7, 11) is 1.83. The molecule has 2 amide bonds. The molecule has 2 aromatic carbocycles. The molecule has 0 radical (unpaired) electrons. The van der Waals surface area contributed by atoms with Gasteiger partial charge in [-0.1, -0.05) is 30.3 Å². The van der Waals surface area contributed by atoms with Crippen LogP contribution >= 0.6 is 0 Å². The molecule has 0 spiro atoms. The van der Waals surface area contributed by atoms with Gasteiger partial charge in [-0.2, -0.15) is 10.2 Å². The first-order chi connectivity index (χ1) is 19.9. The van der Waals surface area contributed by atoms with Gasteiger partial charge in [0.1, 0.15) is 5.82 Å². The summed E-state index contributed by atoms with van der Waals surface area (Å²) in [4.78, 5) is 32.6. The van der Waals surface area contributed by atoms with Crippen LogP contribution in [0, 0.1) is 0 Å². The van der Waals surface area contributed by atoms with Crippen molar-refractivity contribution in [2.24, 2.45) is 7.05 Å². The van der Waals surface area contributed by atoms with Crippen LogP contribution in [0.1, 0.15) is 32.7 Å². The molecule has 10 nitrogen and oxygen atoms in total. The molecule has 10 heteroatoms. The molecule has 3 aromatic heterocycles. The maximum atomic E-state index is 13.4. The standard InChI is InChI=1S/C31H30N8O2/c1-37-19-26(17-35-37)25-15-28(29(32)33-16-25)30(40)36-27-9-12-38(20-27)31(41)24-8-3-7-23(14-24)22-6-2-5-21(13-22)18-39-11-4-10-34-39/h2-8,10-11,13-17,19,27H,9,12,18,20H2,1H3,(H2,32,33)(H,36,40)/t27-/m1/s1. The molecular weight excluding hydrogens is 516 g/mol. The van der Waals surface area contributed by atoms with Gasteiger partial charge in [-0.25, -0.2) is 4.98 Å². The maximum Gasteiger partial charge on any atom is 0.255 e. The second-order valence-corrected chi connectivity index (χ2v) is 10.3. The molecule has 0 bridgehead atoms. The molecule has 1 aliphatic heterocycles. The topological polar surface area (TPSA) is 124 Å². The highest BCUT2D eigenvalue weighted by atomic mass is 16.2. The van der Waals surface area contributed by atoms with Gasteiger partial charge < -0.3 is 16.0 Å². The first kappa shape index (κ1) is 26.0. The number of aromatic nitrogens is 5. The van der Waals surface area contributed by atoms with Gasteiger partial charge >= 0.3 is 0 Å². The summed E-state index contributed by atoms with van der Waals surface area (Å²) in [6.07, 6.45) is 9.54. The predicted molar refractivity (Wildman–Crippen MR) is 156 cm³/mol.